The highest BCUT2D eigenvalue weighted by Crippen LogP contribution is 2.06. The Hall–Kier alpha value is -1.44. The maximum absolute atomic E-state index is 11.8. The Morgan fingerprint density at radius 1 is 1.39 bits per heavy atom. The minimum atomic E-state index is -0.0265. The summed E-state index contributed by atoms with van der Waals surface area (Å²) in [5, 5.41) is 3.13. The second-order valence-electron chi connectivity index (χ2n) is 3.76. The van der Waals surface area contributed by atoms with Crippen LogP contribution in [-0.2, 0) is 6.54 Å². The molecule has 0 bridgehead atoms. The third-order valence-corrected chi connectivity index (χ3v) is 3.13. The lowest BCUT2D eigenvalue weighted by Crippen LogP contribution is -2.23. The smallest absolute Gasteiger partial charge is 0.267 e. The van der Waals surface area contributed by atoms with Crippen LogP contribution in [-0.4, -0.2) is 21.1 Å². The Balaban J connectivity index is 2.18. The van der Waals surface area contributed by atoms with Gasteiger partial charge in [-0.1, -0.05) is 6.07 Å². The quantitative estimate of drug-likeness (QED) is 0.848. The van der Waals surface area contributed by atoms with E-state index in [0.29, 0.717) is 10.1 Å². The Morgan fingerprint density at radius 3 is 2.89 bits per heavy atom. The molecular formula is C12H13IN4O. The maximum atomic E-state index is 11.8. The van der Waals surface area contributed by atoms with Gasteiger partial charge in [0.1, 0.15) is 5.82 Å². The summed E-state index contributed by atoms with van der Waals surface area (Å²) < 4.78 is 2.19. The van der Waals surface area contributed by atoms with Gasteiger partial charge in [0.05, 0.1) is 16.4 Å². The van der Waals surface area contributed by atoms with Crippen LogP contribution in [0.25, 0.3) is 0 Å². The summed E-state index contributed by atoms with van der Waals surface area (Å²) >= 11 is 1.99. The lowest BCUT2D eigenvalue weighted by atomic mass is 10.3. The van der Waals surface area contributed by atoms with Gasteiger partial charge < -0.3 is 5.32 Å². The first-order chi connectivity index (χ1) is 8.70. The molecule has 2 heterocycles. The molecule has 0 unspecified atom stereocenters. The van der Waals surface area contributed by atoms with Gasteiger partial charge in [-0.15, -0.1) is 0 Å². The molecule has 0 spiro atoms. The highest BCUT2D eigenvalue weighted by molar-refractivity contribution is 14.1. The van der Waals surface area contributed by atoms with Crippen LogP contribution in [0.1, 0.15) is 12.5 Å². The molecule has 1 N–H and O–H groups in total. The summed E-state index contributed by atoms with van der Waals surface area (Å²) in [6.45, 7) is 3.35. The third-order valence-electron chi connectivity index (χ3n) is 2.39. The van der Waals surface area contributed by atoms with Crippen LogP contribution in [0.5, 0.6) is 0 Å². The molecule has 94 valence electrons. The average Bonchev–Trinajstić information content (AvgIpc) is 2.38. The second-order valence-corrected chi connectivity index (χ2v) is 4.92. The molecule has 0 fully saturated rings. The van der Waals surface area contributed by atoms with Gasteiger partial charge in [-0.2, -0.15) is 0 Å². The fourth-order valence-corrected chi connectivity index (χ4v) is 2.01. The fraction of sp³-hybridized carbons (Fsp3) is 0.250. The highest BCUT2D eigenvalue weighted by atomic mass is 127. The van der Waals surface area contributed by atoms with Crippen molar-refractivity contribution in [1.82, 2.24) is 14.5 Å². The Labute approximate surface area is 118 Å². The van der Waals surface area contributed by atoms with Crippen LogP contribution in [0.4, 0.5) is 5.82 Å². The van der Waals surface area contributed by atoms with Gasteiger partial charge in [-0.05, 0) is 41.1 Å². The van der Waals surface area contributed by atoms with E-state index in [9.17, 15) is 4.79 Å². The first-order valence-electron chi connectivity index (χ1n) is 5.59. The molecule has 0 amide bonds. The Morgan fingerprint density at radius 2 is 2.22 bits per heavy atom. The number of halogens is 1. The molecule has 0 aliphatic rings. The number of aromatic nitrogens is 3. The third kappa shape index (κ3) is 3.06. The van der Waals surface area contributed by atoms with Gasteiger partial charge in [0, 0.05) is 18.9 Å². The van der Waals surface area contributed by atoms with Gasteiger partial charge in [-0.25, -0.2) is 9.97 Å². The summed E-state index contributed by atoms with van der Waals surface area (Å²) in [5.41, 5.74) is 0.948. The van der Waals surface area contributed by atoms with Crippen LogP contribution < -0.4 is 10.9 Å². The number of rotatable bonds is 4. The first-order valence-corrected chi connectivity index (χ1v) is 6.67. The van der Waals surface area contributed by atoms with E-state index < -0.39 is 0 Å². The van der Waals surface area contributed by atoms with E-state index in [0.717, 1.165) is 17.9 Å². The lowest BCUT2D eigenvalue weighted by Gasteiger charge is -2.06. The first kappa shape index (κ1) is 13.0. The molecule has 0 atom stereocenters. The highest BCUT2D eigenvalue weighted by Gasteiger charge is 2.02. The predicted octanol–water partition coefficient (Wildman–Crippen LogP) is 1.72. The molecule has 18 heavy (non-hydrogen) atoms. The molecule has 0 saturated heterocycles. The summed E-state index contributed by atoms with van der Waals surface area (Å²) in [7, 11) is 0. The van der Waals surface area contributed by atoms with Crippen LogP contribution >= 0.6 is 22.6 Å². The monoisotopic (exact) mass is 356 g/mol. The zero-order chi connectivity index (χ0) is 13.0. The average molecular weight is 356 g/mol. The standard InChI is InChI=1S/C12H13IN4O/c1-2-15-11-4-3-9(5-16-11)7-17-8-14-6-10(13)12(17)18/h3-6,8H,2,7H2,1H3,(H,15,16). The lowest BCUT2D eigenvalue weighted by molar-refractivity contribution is 0.728. The van der Waals surface area contributed by atoms with E-state index in [1.165, 1.54) is 0 Å². The van der Waals surface area contributed by atoms with Crippen molar-refractivity contribution in [2.45, 2.75) is 13.5 Å². The minimum absolute atomic E-state index is 0.0265. The molecule has 5 nitrogen and oxygen atoms in total. The van der Waals surface area contributed by atoms with Crippen molar-refractivity contribution < 1.29 is 0 Å². The van der Waals surface area contributed by atoms with Crippen LogP contribution in [0.3, 0.4) is 0 Å². The van der Waals surface area contributed by atoms with E-state index in [1.807, 2.05) is 41.6 Å². The van der Waals surface area contributed by atoms with Gasteiger partial charge in [0.25, 0.3) is 5.56 Å². The van der Waals surface area contributed by atoms with Crippen molar-refractivity contribution in [2.75, 3.05) is 11.9 Å². The topological polar surface area (TPSA) is 59.8 Å². The van der Waals surface area contributed by atoms with Crippen molar-refractivity contribution >= 4 is 28.4 Å². The van der Waals surface area contributed by atoms with E-state index >= 15 is 0 Å². The van der Waals surface area contributed by atoms with E-state index in [4.69, 9.17) is 0 Å². The zero-order valence-electron chi connectivity index (χ0n) is 9.93. The summed E-state index contributed by atoms with van der Waals surface area (Å²) in [6.07, 6.45) is 4.87. The van der Waals surface area contributed by atoms with Gasteiger partial charge in [0.2, 0.25) is 0 Å². The van der Waals surface area contributed by atoms with Gasteiger partial charge in [-0.3, -0.25) is 9.36 Å². The van der Waals surface area contributed by atoms with Crippen LogP contribution in [0.15, 0.2) is 35.6 Å². The fourth-order valence-electron chi connectivity index (χ4n) is 1.54. The summed E-state index contributed by atoms with van der Waals surface area (Å²) in [5.74, 6) is 0.842. The number of pyridine rings is 1. The summed E-state index contributed by atoms with van der Waals surface area (Å²) in [4.78, 5) is 20.1. The molecule has 0 saturated carbocycles. The molecule has 2 aromatic rings. The molecule has 0 aliphatic heterocycles. The van der Waals surface area contributed by atoms with E-state index in [2.05, 4.69) is 15.3 Å². The predicted molar refractivity (Wildman–Crippen MR) is 78.7 cm³/mol. The minimum Gasteiger partial charge on any atom is -0.370 e. The van der Waals surface area contributed by atoms with Crippen LogP contribution in [0, 0.1) is 3.57 Å². The van der Waals surface area contributed by atoms with Gasteiger partial charge >= 0.3 is 0 Å². The van der Waals surface area contributed by atoms with E-state index in [-0.39, 0.29) is 5.56 Å². The Bertz CT molecular complexity index is 579. The van der Waals surface area contributed by atoms with Crippen LogP contribution in [0.2, 0.25) is 0 Å². The molecule has 0 aromatic carbocycles. The molecule has 2 aromatic heterocycles. The summed E-state index contributed by atoms with van der Waals surface area (Å²) in [6, 6.07) is 3.86. The zero-order valence-corrected chi connectivity index (χ0v) is 12.1. The molecule has 6 heteroatoms. The van der Waals surface area contributed by atoms with Crippen molar-refractivity contribution in [2.24, 2.45) is 0 Å². The molecule has 0 radical (unpaired) electrons. The number of nitrogens with zero attached hydrogens (tertiary/aromatic N) is 3. The number of anilines is 1. The van der Waals surface area contributed by atoms with Crippen molar-refractivity contribution in [1.29, 1.82) is 0 Å². The molecular weight excluding hydrogens is 343 g/mol. The van der Waals surface area contributed by atoms with Gasteiger partial charge in [0.15, 0.2) is 0 Å². The molecule has 2 rings (SSSR count). The Kier molecular flexibility index (Phi) is 4.29. The number of hydrogen-bond donors (Lipinski definition) is 1. The number of nitrogens with one attached hydrogen (secondary N) is 1. The second kappa shape index (κ2) is 5.94. The molecule has 0 aliphatic carbocycles. The van der Waals surface area contributed by atoms with Crippen molar-refractivity contribution in [3.05, 3.63) is 50.3 Å². The van der Waals surface area contributed by atoms with Crippen molar-refractivity contribution in [3.8, 4) is 0 Å². The number of hydrogen-bond acceptors (Lipinski definition) is 4. The van der Waals surface area contributed by atoms with Crippen molar-refractivity contribution in [3.63, 3.8) is 0 Å². The maximum Gasteiger partial charge on any atom is 0.267 e. The SMILES string of the molecule is CCNc1ccc(Cn2cncc(I)c2=O)cn1. The largest absolute Gasteiger partial charge is 0.370 e. The normalized spacial score (nSPS) is 10.3. The van der Waals surface area contributed by atoms with E-state index in [1.54, 1.807) is 23.3 Å².